The molecule has 0 fully saturated rings. The lowest BCUT2D eigenvalue weighted by molar-refractivity contribution is -0.116. The van der Waals surface area contributed by atoms with Gasteiger partial charge in [-0.2, -0.15) is 0 Å². The first-order chi connectivity index (χ1) is 8.96. The first-order valence-electron chi connectivity index (χ1n) is 5.22. The summed E-state index contributed by atoms with van der Waals surface area (Å²) in [7, 11) is -7.40. The number of carbonyl (C=O) groups is 1. The van der Waals surface area contributed by atoms with Gasteiger partial charge in [0.25, 0.3) is 0 Å². The highest BCUT2D eigenvalue weighted by Gasteiger charge is 2.25. The van der Waals surface area contributed by atoms with Gasteiger partial charge in [-0.3, -0.25) is 4.79 Å². The molecule has 1 rings (SSSR count). The van der Waals surface area contributed by atoms with Crippen molar-refractivity contribution < 1.29 is 26.4 Å². The van der Waals surface area contributed by atoms with Crippen LogP contribution in [0, 0.1) is 0 Å². The van der Waals surface area contributed by atoms with Gasteiger partial charge in [-0.15, -0.1) is 0 Å². The van der Waals surface area contributed by atoms with E-state index in [2.05, 4.69) is 0 Å². The molecule has 0 amide bonds. The maximum atomic E-state index is 11.5. The zero-order chi connectivity index (χ0) is 15.7. The molecule has 0 spiro atoms. The van der Waals surface area contributed by atoms with Crippen LogP contribution in [-0.2, 0) is 31.3 Å². The number of primary sulfonamides is 2. The second kappa shape index (κ2) is 5.48. The van der Waals surface area contributed by atoms with Crippen LogP contribution in [0.15, 0.2) is 21.9 Å². The monoisotopic (exact) mass is 322 g/mol. The summed E-state index contributed by atoms with van der Waals surface area (Å²) in [4.78, 5) is 10.0. The molecule has 4 N–H and O–H groups in total. The van der Waals surface area contributed by atoms with Crippen LogP contribution in [0.25, 0.3) is 0 Å². The van der Waals surface area contributed by atoms with Crippen LogP contribution in [0.3, 0.4) is 0 Å². The molecule has 0 radical (unpaired) electrons. The maximum Gasteiger partial charge on any atom is 0.241 e. The lowest BCUT2D eigenvalue weighted by atomic mass is 10.1. The Morgan fingerprint density at radius 1 is 1.10 bits per heavy atom. The van der Waals surface area contributed by atoms with Gasteiger partial charge in [-0.25, -0.2) is 27.1 Å². The van der Waals surface area contributed by atoms with E-state index in [1.807, 2.05) is 0 Å². The van der Waals surface area contributed by atoms with Crippen molar-refractivity contribution in [2.24, 2.45) is 10.3 Å². The average molecular weight is 322 g/mol. The Balaban J connectivity index is 3.79. The summed E-state index contributed by atoms with van der Waals surface area (Å²) >= 11 is 0. The fraction of sp³-hybridized carbons (Fsp3) is 0.300. The Kier molecular flexibility index (Phi) is 4.54. The number of nitrogens with two attached hydrogens (primary N) is 2. The molecule has 0 aliphatic heterocycles. The van der Waals surface area contributed by atoms with E-state index in [-0.39, 0.29) is 17.8 Å². The van der Waals surface area contributed by atoms with E-state index in [1.165, 1.54) is 6.92 Å². The Bertz CT molecular complexity index is 699. The number of methoxy groups -OCH3 is 1. The molecule has 0 heterocycles. The first-order valence-corrected chi connectivity index (χ1v) is 8.32. The Labute approximate surface area is 116 Å². The van der Waals surface area contributed by atoms with Crippen LogP contribution >= 0.6 is 0 Å². The number of sulfonamides is 2. The van der Waals surface area contributed by atoms with Crippen LogP contribution in [-0.4, -0.2) is 29.7 Å². The summed E-state index contributed by atoms with van der Waals surface area (Å²) in [5, 5.41) is 10.0. The zero-order valence-corrected chi connectivity index (χ0v) is 12.4. The molecule has 0 saturated carbocycles. The minimum Gasteiger partial charge on any atom is -0.494 e. The first kappa shape index (κ1) is 16.6. The molecule has 0 unspecified atom stereocenters. The van der Waals surface area contributed by atoms with E-state index in [0.29, 0.717) is 0 Å². The van der Waals surface area contributed by atoms with Crippen molar-refractivity contribution in [2.75, 3.05) is 7.11 Å². The van der Waals surface area contributed by atoms with Crippen molar-refractivity contribution in [1.82, 2.24) is 0 Å². The molecule has 0 atom stereocenters. The van der Waals surface area contributed by atoms with Crippen LogP contribution < -0.4 is 15.0 Å². The largest absolute Gasteiger partial charge is 0.494 e. The normalized spacial score (nSPS) is 12.2. The summed E-state index contributed by atoms with van der Waals surface area (Å²) in [5.41, 5.74) is 0.159. The lowest BCUT2D eigenvalue weighted by Gasteiger charge is -2.13. The molecule has 10 heteroatoms. The van der Waals surface area contributed by atoms with Crippen molar-refractivity contribution in [3.63, 3.8) is 0 Å². The zero-order valence-electron chi connectivity index (χ0n) is 10.8. The van der Waals surface area contributed by atoms with Crippen LogP contribution in [0.2, 0.25) is 0 Å². The lowest BCUT2D eigenvalue weighted by Crippen LogP contribution is -2.19. The Morgan fingerprint density at radius 3 is 1.75 bits per heavy atom. The summed E-state index contributed by atoms with van der Waals surface area (Å²) in [6, 6.07) is 2.18. The van der Waals surface area contributed by atoms with Crippen molar-refractivity contribution in [2.45, 2.75) is 23.1 Å². The molecule has 0 aromatic heterocycles. The third-order valence-corrected chi connectivity index (χ3v) is 4.18. The molecule has 0 aliphatic rings. The highest BCUT2D eigenvalue weighted by Crippen LogP contribution is 2.32. The topological polar surface area (TPSA) is 147 Å². The number of Topliss-reactive ketones (excluding diaryl/α,β-unsaturated/α-hetero) is 1. The fourth-order valence-corrected chi connectivity index (χ4v) is 3.24. The average Bonchev–Trinajstić information content (AvgIpc) is 2.24. The Hall–Kier alpha value is -1.49. The van der Waals surface area contributed by atoms with Gasteiger partial charge in [0.2, 0.25) is 20.0 Å². The SMILES string of the molecule is COc1c(S(N)(=O)=O)cc(CC(C)=O)cc1S(N)(=O)=O. The molecule has 1 aromatic carbocycles. The molecule has 0 saturated heterocycles. The number of rotatable bonds is 5. The van der Waals surface area contributed by atoms with Crippen LogP contribution in [0.5, 0.6) is 5.75 Å². The highest BCUT2D eigenvalue weighted by molar-refractivity contribution is 7.90. The van der Waals surface area contributed by atoms with Gasteiger partial charge in [0.05, 0.1) is 7.11 Å². The van der Waals surface area contributed by atoms with Crippen molar-refractivity contribution in [3.05, 3.63) is 17.7 Å². The number of ketones is 1. The van der Waals surface area contributed by atoms with E-state index in [9.17, 15) is 21.6 Å². The molecule has 112 valence electrons. The van der Waals surface area contributed by atoms with Crippen molar-refractivity contribution in [1.29, 1.82) is 0 Å². The third kappa shape index (κ3) is 3.76. The van der Waals surface area contributed by atoms with Crippen molar-refractivity contribution >= 4 is 25.8 Å². The third-order valence-electron chi connectivity index (χ3n) is 2.35. The fourth-order valence-electron chi connectivity index (χ4n) is 1.64. The standard InChI is InChI=1S/C10H14N2O6S2/c1-6(13)3-7-4-8(19(11,14)15)10(18-2)9(5-7)20(12,16)17/h4-5H,3H2,1-2H3,(H2,11,14,15)(H2,12,16,17). The highest BCUT2D eigenvalue weighted by atomic mass is 32.2. The minimum absolute atomic E-state index is 0.158. The summed E-state index contributed by atoms with van der Waals surface area (Å²) in [5.74, 6) is -0.752. The van der Waals surface area contributed by atoms with Crippen LogP contribution in [0.1, 0.15) is 12.5 Å². The number of carbonyl (C=O) groups excluding carboxylic acids is 1. The minimum atomic E-state index is -4.24. The van der Waals surface area contributed by atoms with E-state index < -0.39 is 35.6 Å². The van der Waals surface area contributed by atoms with Crippen molar-refractivity contribution in [3.8, 4) is 5.75 Å². The summed E-state index contributed by atoms with van der Waals surface area (Å²) in [6.07, 6.45) is -0.158. The number of hydrogen-bond acceptors (Lipinski definition) is 6. The van der Waals surface area contributed by atoms with Gasteiger partial charge in [0.15, 0.2) is 5.75 Å². The van der Waals surface area contributed by atoms with Gasteiger partial charge in [-0.05, 0) is 24.6 Å². The number of hydrogen-bond donors (Lipinski definition) is 2. The second-order valence-corrected chi connectivity index (χ2v) is 7.15. The van der Waals surface area contributed by atoms with Gasteiger partial charge >= 0.3 is 0 Å². The number of benzene rings is 1. The molecular weight excluding hydrogens is 308 g/mol. The second-order valence-electron chi connectivity index (χ2n) is 4.09. The van der Waals surface area contributed by atoms with E-state index in [1.54, 1.807) is 0 Å². The van der Waals surface area contributed by atoms with Gasteiger partial charge in [0, 0.05) is 6.42 Å². The predicted molar refractivity (Wildman–Crippen MR) is 70.1 cm³/mol. The summed E-state index contributed by atoms with van der Waals surface area (Å²) in [6.45, 7) is 1.28. The van der Waals surface area contributed by atoms with Crippen LogP contribution in [0.4, 0.5) is 0 Å². The molecule has 1 aromatic rings. The van der Waals surface area contributed by atoms with E-state index in [4.69, 9.17) is 15.0 Å². The van der Waals surface area contributed by atoms with Gasteiger partial charge in [0.1, 0.15) is 15.6 Å². The van der Waals surface area contributed by atoms with E-state index >= 15 is 0 Å². The Morgan fingerprint density at radius 2 is 1.50 bits per heavy atom. The molecular formula is C10H14N2O6S2. The maximum absolute atomic E-state index is 11.5. The molecule has 8 nitrogen and oxygen atoms in total. The van der Waals surface area contributed by atoms with E-state index in [0.717, 1.165) is 19.2 Å². The van der Waals surface area contributed by atoms with Gasteiger partial charge in [-0.1, -0.05) is 0 Å². The molecule has 0 bridgehead atoms. The number of ether oxygens (including phenoxy) is 1. The van der Waals surface area contributed by atoms with Gasteiger partial charge < -0.3 is 4.74 Å². The summed E-state index contributed by atoms with van der Waals surface area (Å²) < 4.78 is 50.8. The molecule has 0 aliphatic carbocycles. The quantitative estimate of drug-likeness (QED) is 0.719. The smallest absolute Gasteiger partial charge is 0.241 e. The molecule has 20 heavy (non-hydrogen) atoms. The predicted octanol–water partition coefficient (Wildman–Crippen LogP) is -0.878.